The van der Waals surface area contributed by atoms with Crippen LogP contribution in [0.5, 0.6) is 0 Å². The van der Waals surface area contributed by atoms with Gasteiger partial charge in [-0.2, -0.15) is 0 Å². The van der Waals surface area contributed by atoms with Gasteiger partial charge in [0, 0.05) is 24.3 Å². The Morgan fingerprint density at radius 2 is 1.79 bits per heavy atom. The van der Waals surface area contributed by atoms with Crippen LogP contribution in [0.15, 0.2) is 42.5 Å². The number of nitrogens with one attached hydrogen (secondary N) is 1. The van der Waals surface area contributed by atoms with Gasteiger partial charge >= 0.3 is 5.97 Å². The fourth-order valence-electron chi connectivity index (χ4n) is 3.37. The van der Waals surface area contributed by atoms with E-state index in [9.17, 15) is 19.2 Å². The van der Waals surface area contributed by atoms with Crippen LogP contribution in [-0.2, 0) is 19.1 Å². The third kappa shape index (κ3) is 6.79. The van der Waals surface area contributed by atoms with Gasteiger partial charge in [-0.25, -0.2) is 4.79 Å². The fourth-order valence-corrected chi connectivity index (χ4v) is 3.66. The number of carbonyl (C=O) groups is 4. The molecule has 2 aromatic carbocycles. The monoisotopic (exact) mass is 506 g/mol. The number of ketones is 1. The van der Waals surface area contributed by atoms with Crippen LogP contribution in [0.3, 0.4) is 0 Å². The zero-order chi connectivity index (χ0) is 24.7. The zero-order valence-corrected chi connectivity index (χ0v) is 20.0. The van der Waals surface area contributed by atoms with E-state index in [2.05, 4.69) is 5.32 Å². The second-order valence-electron chi connectivity index (χ2n) is 7.64. The second-order valence-corrected chi connectivity index (χ2v) is 8.46. The molecule has 0 spiro atoms. The van der Waals surface area contributed by atoms with Crippen molar-refractivity contribution in [3.63, 3.8) is 0 Å². The molecule has 1 atom stereocenters. The van der Waals surface area contributed by atoms with E-state index in [1.54, 1.807) is 4.90 Å². The Balaban J connectivity index is 1.49. The van der Waals surface area contributed by atoms with Gasteiger partial charge in [-0.15, -0.1) is 0 Å². The Kier molecular flexibility index (Phi) is 9.04. The molecule has 0 saturated carbocycles. The number of nitrogens with zero attached hydrogens (tertiary/aromatic N) is 1. The van der Waals surface area contributed by atoms with Gasteiger partial charge in [0.15, 0.2) is 12.4 Å². The lowest BCUT2D eigenvalue weighted by molar-refractivity contribution is -0.155. The normalized spacial score (nSPS) is 15.7. The number of hydrogen-bond donors (Lipinski definition) is 1. The average molecular weight is 507 g/mol. The molecule has 3 rings (SSSR count). The van der Waals surface area contributed by atoms with Crippen LogP contribution in [0.2, 0.25) is 10.0 Å². The number of esters is 1. The third-order valence-electron chi connectivity index (χ3n) is 5.11. The topological polar surface area (TPSA) is 102 Å². The van der Waals surface area contributed by atoms with E-state index in [0.29, 0.717) is 30.4 Å². The Morgan fingerprint density at radius 1 is 1.09 bits per heavy atom. The van der Waals surface area contributed by atoms with E-state index in [0.717, 1.165) is 6.42 Å². The molecule has 0 aliphatic carbocycles. The first kappa shape index (κ1) is 25.7. The minimum Gasteiger partial charge on any atom is -0.454 e. The van der Waals surface area contributed by atoms with Crippen molar-refractivity contribution in [1.29, 1.82) is 0 Å². The van der Waals surface area contributed by atoms with Crippen LogP contribution >= 0.6 is 23.2 Å². The number of ether oxygens (including phenoxy) is 2. The number of rotatable bonds is 9. The van der Waals surface area contributed by atoms with Crippen molar-refractivity contribution < 1.29 is 28.7 Å². The first-order valence-corrected chi connectivity index (χ1v) is 11.5. The summed E-state index contributed by atoms with van der Waals surface area (Å²) in [5.41, 5.74) is 0.932. The van der Waals surface area contributed by atoms with Gasteiger partial charge in [-0.05, 0) is 48.9 Å². The van der Waals surface area contributed by atoms with Crippen molar-refractivity contribution in [3.05, 3.63) is 63.6 Å². The lowest BCUT2D eigenvalue weighted by atomic mass is 10.1. The van der Waals surface area contributed by atoms with Crippen LogP contribution in [0.1, 0.15) is 40.5 Å². The van der Waals surface area contributed by atoms with E-state index in [1.807, 2.05) is 6.92 Å². The molecule has 180 valence electrons. The van der Waals surface area contributed by atoms with E-state index >= 15 is 0 Å². The number of halogens is 2. The number of anilines is 1. The fraction of sp³-hybridized carbons (Fsp3) is 0.333. The summed E-state index contributed by atoms with van der Waals surface area (Å²) < 4.78 is 10.5. The Hall–Kier alpha value is -2.94. The van der Waals surface area contributed by atoms with Gasteiger partial charge in [0.25, 0.3) is 5.91 Å². The van der Waals surface area contributed by atoms with E-state index in [-0.39, 0.29) is 34.4 Å². The van der Waals surface area contributed by atoms with Gasteiger partial charge in [-0.3, -0.25) is 14.4 Å². The van der Waals surface area contributed by atoms with Crippen LogP contribution < -0.4 is 5.32 Å². The Bertz CT molecular complexity index is 1070. The second kappa shape index (κ2) is 12.0. The molecule has 1 saturated heterocycles. The molecule has 1 unspecified atom stereocenters. The molecule has 8 nitrogen and oxygen atoms in total. The molecule has 1 aliphatic heterocycles. The average Bonchev–Trinajstić information content (AvgIpc) is 2.82. The molecule has 1 heterocycles. The van der Waals surface area contributed by atoms with Crippen LogP contribution in [0.25, 0.3) is 0 Å². The first-order chi connectivity index (χ1) is 16.3. The predicted molar refractivity (Wildman–Crippen MR) is 127 cm³/mol. The maximum absolute atomic E-state index is 12.4. The first-order valence-electron chi connectivity index (χ1n) is 10.7. The van der Waals surface area contributed by atoms with Crippen molar-refractivity contribution >= 4 is 52.5 Å². The standard InChI is InChI=1S/C24H24Cl2N2O6/c1-2-9-28-10-11-33-21(23(28)31)13-22(30)27-17-6-3-15(4-7-17)24(32)34-14-20(29)16-5-8-18(25)19(26)12-16/h3-8,12,21H,2,9-11,13-14H2,1H3,(H,27,30). The van der Waals surface area contributed by atoms with Crippen molar-refractivity contribution in [2.75, 3.05) is 31.6 Å². The predicted octanol–water partition coefficient (Wildman–Crippen LogP) is 4.00. The molecule has 10 heteroatoms. The van der Waals surface area contributed by atoms with Gasteiger partial charge in [0.05, 0.1) is 28.6 Å². The van der Waals surface area contributed by atoms with Gasteiger partial charge < -0.3 is 19.7 Å². The molecule has 0 aromatic heterocycles. The van der Waals surface area contributed by atoms with Crippen molar-refractivity contribution in [2.45, 2.75) is 25.9 Å². The smallest absolute Gasteiger partial charge is 0.338 e. The summed E-state index contributed by atoms with van der Waals surface area (Å²) >= 11 is 11.7. The highest BCUT2D eigenvalue weighted by atomic mass is 35.5. The summed E-state index contributed by atoms with van der Waals surface area (Å²) in [6, 6.07) is 10.4. The summed E-state index contributed by atoms with van der Waals surface area (Å²) in [6.45, 7) is 3.09. The van der Waals surface area contributed by atoms with Crippen molar-refractivity contribution in [1.82, 2.24) is 4.90 Å². The van der Waals surface area contributed by atoms with E-state index in [4.69, 9.17) is 32.7 Å². The number of amides is 2. The van der Waals surface area contributed by atoms with Crippen LogP contribution in [0, 0.1) is 0 Å². The van der Waals surface area contributed by atoms with Gasteiger partial charge in [0.2, 0.25) is 5.91 Å². The minimum absolute atomic E-state index is 0.0976. The summed E-state index contributed by atoms with van der Waals surface area (Å²) in [5.74, 6) is -1.67. The van der Waals surface area contributed by atoms with Crippen LogP contribution in [0.4, 0.5) is 5.69 Å². The zero-order valence-electron chi connectivity index (χ0n) is 18.5. The van der Waals surface area contributed by atoms with E-state index in [1.165, 1.54) is 42.5 Å². The number of Topliss-reactive ketones (excluding diaryl/α,β-unsaturated/α-hetero) is 1. The summed E-state index contributed by atoms with van der Waals surface area (Å²) in [7, 11) is 0. The highest BCUT2D eigenvalue weighted by Crippen LogP contribution is 2.23. The largest absolute Gasteiger partial charge is 0.454 e. The van der Waals surface area contributed by atoms with Crippen molar-refractivity contribution in [3.8, 4) is 0 Å². The lowest BCUT2D eigenvalue weighted by Gasteiger charge is -2.32. The molecular weight excluding hydrogens is 483 g/mol. The number of carbonyl (C=O) groups excluding carboxylic acids is 4. The molecule has 1 N–H and O–H groups in total. The minimum atomic E-state index is -0.803. The molecule has 1 aliphatic rings. The molecular formula is C24H24Cl2N2O6. The molecule has 2 aromatic rings. The Labute approximate surface area is 207 Å². The molecule has 34 heavy (non-hydrogen) atoms. The summed E-state index contributed by atoms with van der Waals surface area (Å²) in [5, 5.41) is 3.23. The Morgan fingerprint density at radius 3 is 2.47 bits per heavy atom. The quantitative estimate of drug-likeness (QED) is 0.407. The maximum Gasteiger partial charge on any atom is 0.338 e. The SMILES string of the molecule is CCCN1CCOC(CC(=O)Nc2ccc(C(=O)OCC(=O)c3ccc(Cl)c(Cl)c3)cc2)C1=O. The molecule has 0 bridgehead atoms. The van der Waals surface area contributed by atoms with E-state index < -0.39 is 24.5 Å². The van der Waals surface area contributed by atoms with Gasteiger partial charge in [-0.1, -0.05) is 30.1 Å². The highest BCUT2D eigenvalue weighted by molar-refractivity contribution is 6.42. The summed E-state index contributed by atoms with van der Waals surface area (Å²) in [4.78, 5) is 50.9. The van der Waals surface area contributed by atoms with Crippen LogP contribution in [-0.4, -0.2) is 60.9 Å². The molecule has 0 radical (unpaired) electrons. The van der Waals surface area contributed by atoms with Gasteiger partial charge in [0.1, 0.15) is 6.10 Å². The highest BCUT2D eigenvalue weighted by Gasteiger charge is 2.30. The maximum atomic E-state index is 12.4. The molecule has 2 amide bonds. The number of benzene rings is 2. The lowest BCUT2D eigenvalue weighted by Crippen LogP contribution is -2.49. The van der Waals surface area contributed by atoms with Crippen molar-refractivity contribution in [2.24, 2.45) is 0 Å². The third-order valence-corrected chi connectivity index (χ3v) is 5.85. The molecule has 1 fully saturated rings. The summed E-state index contributed by atoms with van der Waals surface area (Å²) in [6.07, 6.45) is -0.0643. The number of morpholine rings is 1. The number of hydrogen-bond acceptors (Lipinski definition) is 6.